The Morgan fingerprint density at radius 3 is 2.71 bits per heavy atom. The van der Waals surface area contributed by atoms with Crippen molar-refractivity contribution in [1.29, 1.82) is 0 Å². The Kier molecular flexibility index (Phi) is 2.06. The van der Waals surface area contributed by atoms with Crippen molar-refractivity contribution >= 4 is 5.70 Å². The fourth-order valence-corrected chi connectivity index (χ4v) is 1.74. The van der Waals surface area contributed by atoms with E-state index < -0.39 is 0 Å². The van der Waals surface area contributed by atoms with Crippen LogP contribution in [0.3, 0.4) is 0 Å². The Bertz CT molecular complexity index is 394. The first-order valence-electron chi connectivity index (χ1n) is 5.08. The standard InChI is InChI=1S/C12H16N2/c1-4-10-7-9-14(13-10)11-6-5-8-12(11,2)3/h5-9H,4H2,1-3H3. The van der Waals surface area contributed by atoms with Crippen LogP contribution in [-0.4, -0.2) is 9.78 Å². The van der Waals surface area contributed by atoms with Gasteiger partial charge in [-0.2, -0.15) is 5.10 Å². The van der Waals surface area contributed by atoms with E-state index in [2.05, 4.69) is 50.2 Å². The maximum atomic E-state index is 4.51. The summed E-state index contributed by atoms with van der Waals surface area (Å²) in [5.74, 6) is 0. The second kappa shape index (κ2) is 3.12. The summed E-state index contributed by atoms with van der Waals surface area (Å²) in [5.41, 5.74) is 2.50. The van der Waals surface area contributed by atoms with E-state index >= 15 is 0 Å². The first-order chi connectivity index (χ1) is 6.63. The average Bonchev–Trinajstić information content (AvgIpc) is 2.70. The highest BCUT2D eigenvalue weighted by Gasteiger charge is 2.24. The lowest BCUT2D eigenvalue weighted by atomic mass is 9.92. The summed E-state index contributed by atoms with van der Waals surface area (Å²) >= 11 is 0. The number of hydrogen-bond donors (Lipinski definition) is 0. The third-order valence-corrected chi connectivity index (χ3v) is 2.68. The van der Waals surface area contributed by atoms with Gasteiger partial charge in [0.1, 0.15) is 0 Å². The molecule has 0 radical (unpaired) electrons. The second-order valence-electron chi connectivity index (χ2n) is 4.24. The van der Waals surface area contributed by atoms with Crippen molar-refractivity contribution in [1.82, 2.24) is 9.78 Å². The van der Waals surface area contributed by atoms with Crippen LogP contribution in [0.5, 0.6) is 0 Å². The van der Waals surface area contributed by atoms with Gasteiger partial charge in [0.15, 0.2) is 0 Å². The molecule has 1 aliphatic carbocycles. The third-order valence-electron chi connectivity index (χ3n) is 2.68. The van der Waals surface area contributed by atoms with Crippen LogP contribution >= 0.6 is 0 Å². The second-order valence-corrected chi connectivity index (χ2v) is 4.24. The molecule has 0 N–H and O–H groups in total. The van der Waals surface area contributed by atoms with Gasteiger partial charge in [0.05, 0.1) is 11.4 Å². The molecule has 1 aromatic heterocycles. The molecule has 1 aromatic rings. The summed E-state index contributed by atoms with van der Waals surface area (Å²) in [6, 6.07) is 2.08. The maximum Gasteiger partial charge on any atom is 0.0626 e. The summed E-state index contributed by atoms with van der Waals surface area (Å²) in [4.78, 5) is 0. The van der Waals surface area contributed by atoms with Crippen molar-refractivity contribution in [3.63, 3.8) is 0 Å². The molecule has 1 heterocycles. The van der Waals surface area contributed by atoms with E-state index in [0.29, 0.717) is 0 Å². The molecule has 0 atom stereocenters. The molecular formula is C12H16N2. The number of rotatable bonds is 2. The molecule has 0 fully saturated rings. The van der Waals surface area contributed by atoms with Crippen LogP contribution in [-0.2, 0) is 6.42 Å². The van der Waals surface area contributed by atoms with Crippen molar-refractivity contribution in [2.45, 2.75) is 27.2 Å². The fraction of sp³-hybridized carbons (Fsp3) is 0.417. The Morgan fingerprint density at radius 2 is 2.21 bits per heavy atom. The molecule has 0 saturated carbocycles. The van der Waals surface area contributed by atoms with Crippen LogP contribution in [0.1, 0.15) is 26.5 Å². The largest absolute Gasteiger partial charge is 0.244 e. The van der Waals surface area contributed by atoms with Gasteiger partial charge in [-0.1, -0.05) is 32.9 Å². The topological polar surface area (TPSA) is 17.8 Å². The van der Waals surface area contributed by atoms with E-state index in [0.717, 1.165) is 12.1 Å². The van der Waals surface area contributed by atoms with Crippen LogP contribution in [0.25, 0.3) is 5.70 Å². The smallest absolute Gasteiger partial charge is 0.0626 e. The van der Waals surface area contributed by atoms with E-state index in [1.165, 1.54) is 5.70 Å². The highest BCUT2D eigenvalue weighted by molar-refractivity contribution is 5.60. The average molecular weight is 188 g/mol. The normalized spacial score (nSPS) is 18.6. The lowest BCUT2D eigenvalue weighted by Gasteiger charge is -2.20. The van der Waals surface area contributed by atoms with E-state index in [4.69, 9.17) is 0 Å². The molecule has 14 heavy (non-hydrogen) atoms. The van der Waals surface area contributed by atoms with Crippen molar-refractivity contribution in [2.75, 3.05) is 0 Å². The van der Waals surface area contributed by atoms with Gasteiger partial charge in [-0.05, 0) is 18.6 Å². The maximum absolute atomic E-state index is 4.51. The number of allylic oxidation sites excluding steroid dienone is 4. The van der Waals surface area contributed by atoms with Crippen LogP contribution < -0.4 is 0 Å². The molecule has 0 bridgehead atoms. The van der Waals surface area contributed by atoms with E-state index in [1.54, 1.807) is 0 Å². The quantitative estimate of drug-likeness (QED) is 0.697. The van der Waals surface area contributed by atoms with Gasteiger partial charge >= 0.3 is 0 Å². The summed E-state index contributed by atoms with van der Waals surface area (Å²) < 4.78 is 1.98. The minimum Gasteiger partial charge on any atom is -0.244 e. The van der Waals surface area contributed by atoms with Crippen molar-refractivity contribution in [2.24, 2.45) is 5.41 Å². The van der Waals surface area contributed by atoms with E-state index in [1.807, 2.05) is 10.9 Å². The summed E-state index contributed by atoms with van der Waals surface area (Å²) in [7, 11) is 0. The van der Waals surface area contributed by atoms with Gasteiger partial charge < -0.3 is 0 Å². The Morgan fingerprint density at radius 1 is 1.43 bits per heavy atom. The zero-order chi connectivity index (χ0) is 10.2. The van der Waals surface area contributed by atoms with Crippen LogP contribution in [0, 0.1) is 5.41 Å². The first kappa shape index (κ1) is 9.25. The lowest BCUT2D eigenvalue weighted by molar-refractivity contribution is 0.603. The number of aromatic nitrogens is 2. The summed E-state index contributed by atoms with van der Waals surface area (Å²) in [5, 5.41) is 4.51. The van der Waals surface area contributed by atoms with Gasteiger partial charge in [0, 0.05) is 11.6 Å². The molecule has 2 nitrogen and oxygen atoms in total. The van der Waals surface area contributed by atoms with Crippen LogP contribution in [0.15, 0.2) is 30.5 Å². The van der Waals surface area contributed by atoms with E-state index in [-0.39, 0.29) is 5.41 Å². The van der Waals surface area contributed by atoms with Gasteiger partial charge in [0.2, 0.25) is 0 Å². The Balaban J connectivity index is 2.33. The molecule has 74 valence electrons. The summed E-state index contributed by atoms with van der Waals surface area (Å²) in [6.07, 6.45) is 9.47. The Hall–Kier alpha value is -1.31. The monoisotopic (exact) mass is 188 g/mol. The van der Waals surface area contributed by atoms with Crippen LogP contribution in [0.4, 0.5) is 0 Å². The number of hydrogen-bond acceptors (Lipinski definition) is 1. The molecule has 2 rings (SSSR count). The van der Waals surface area contributed by atoms with Crippen LogP contribution in [0.2, 0.25) is 0 Å². The first-order valence-corrected chi connectivity index (χ1v) is 5.08. The van der Waals surface area contributed by atoms with Crippen molar-refractivity contribution in [3.8, 4) is 0 Å². The molecular weight excluding hydrogens is 172 g/mol. The molecule has 0 aromatic carbocycles. The molecule has 0 unspecified atom stereocenters. The van der Waals surface area contributed by atoms with Crippen molar-refractivity contribution in [3.05, 3.63) is 36.2 Å². The zero-order valence-corrected chi connectivity index (χ0v) is 8.99. The molecule has 2 heteroatoms. The lowest BCUT2D eigenvalue weighted by Crippen LogP contribution is -2.13. The number of nitrogens with zero attached hydrogens (tertiary/aromatic N) is 2. The van der Waals surface area contributed by atoms with Gasteiger partial charge in [-0.25, -0.2) is 4.68 Å². The predicted molar refractivity (Wildman–Crippen MR) is 58.8 cm³/mol. The fourth-order valence-electron chi connectivity index (χ4n) is 1.74. The van der Waals surface area contributed by atoms with Crippen molar-refractivity contribution < 1.29 is 0 Å². The predicted octanol–water partition coefficient (Wildman–Crippen LogP) is 2.88. The molecule has 0 saturated heterocycles. The summed E-state index contributed by atoms with van der Waals surface area (Å²) in [6.45, 7) is 6.53. The molecule has 1 aliphatic rings. The molecule has 0 aliphatic heterocycles. The zero-order valence-electron chi connectivity index (χ0n) is 8.99. The minimum atomic E-state index is 0.108. The SMILES string of the molecule is CCc1ccn(C2=CC=CC2(C)C)n1. The highest BCUT2D eigenvalue weighted by atomic mass is 15.3. The number of aryl methyl sites for hydroxylation is 1. The van der Waals surface area contributed by atoms with Gasteiger partial charge in [-0.15, -0.1) is 0 Å². The van der Waals surface area contributed by atoms with Gasteiger partial charge in [0.25, 0.3) is 0 Å². The minimum absolute atomic E-state index is 0.108. The van der Waals surface area contributed by atoms with E-state index in [9.17, 15) is 0 Å². The Labute approximate surface area is 84.9 Å². The van der Waals surface area contributed by atoms with Gasteiger partial charge in [-0.3, -0.25) is 0 Å². The molecule has 0 amide bonds. The third kappa shape index (κ3) is 1.41. The highest BCUT2D eigenvalue weighted by Crippen LogP contribution is 2.35. The molecule has 0 spiro atoms.